The van der Waals surface area contributed by atoms with Gasteiger partial charge in [-0.05, 0) is 31.9 Å². The van der Waals surface area contributed by atoms with Crippen LogP contribution in [0.4, 0.5) is 5.82 Å². The molecule has 0 aliphatic carbocycles. The first-order chi connectivity index (χ1) is 10.2. The third-order valence-corrected chi connectivity index (χ3v) is 4.64. The Kier molecular flexibility index (Phi) is 4.42. The van der Waals surface area contributed by atoms with Crippen LogP contribution in [-0.2, 0) is 11.3 Å². The van der Waals surface area contributed by atoms with E-state index in [0.29, 0.717) is 6.04 Å². The van der Waals surface area contributed by atoms with Gasteiger partial charge < -0.3 is 14.7 Å². The minimum Gasteiger partial charge on any atom is -0.392 e. The zero-order valence-corrected chi connectivity index (χ0v) is 13.0. The summed E-state index contributed by atoms with van der Waals surface area (Å²) in [6.07, 6.45) is 1.17. The monoisotopic (exact) mass is 291 g/mol. The molecule has 1 N–H and O–H groups in total. The van der Waals surface area contributed by atoms with Crippen LogP contribution in [0.25, 0.3) is 0 Å². The maximum atomic E-state index is 9.67. The van der Waals surface area contributed by atoms with Crippen LogP contribution < -0.4 is 4.90 Å². The highest BCUT2D eigenvalue weighted by Gasteiger charge is 2.30. The average molecular weight is 291 g/mol. The molecule has 1 unspecified atom stereocenters. The van der Waals surface area contributed by atoms with Crippen molar-refractivity contribution >= 4 is 5.82 Å². The maximum Gasteiger partial charge on any atom is 0.134 e. The number of rotatable bonds is 3. The second-order valence-corrected chi connectivity index (χ2v) is 6.08. The van der Waals surface area contributed by atoms with Crippen molar-refractivity contribution in [2.45, 2.75) is 32.9 Å². The Balaban J connectivity index is 1.76. The molecule has 2 aliphatic rings. The molecule has 21 heavy (non-hydrogen) atoms. The third-order valence-electron chi connectivity index (χ3n) is 4.64. The van der Waals surface area contributed by atoms with E-state index < -0.39 is 0 Å². The van der Waals surface area contributed by atoms with Crippen LogP contribution in [-0.4, -0.2) is 60.4 Å². The first kappa shape index (κ1) is 14.8. The molecular weight excluding hydrogens is 266 g/mol. The quantitative estimate of drug-likeness (QED) is 0.904. The second kappa shape index (κ2) is 6.30. The van der Waals surface area contributed by atoms with Crippen LogP contribution in [0.5, 0.6) is 0 Å². The number of hydrogen-bond acceptors (Lipinski definition) is 5. The number of hydrogen-bond donors (Lipinski definition) is 1. The molecule has 1 aromatic rings. The summed E-state index contributed by atoms with van der Waals surface area (Å²) in [5.74, 6) is 0.978. The highest BCUT2D eigenvalue weighted by molar-refractivity contribution is 5.52. The van der Waals surface area contributed by atoms with E-state index in [0.717, 1.165) is 62.0 Å². The topological polar surface area (TPSA) is 48.8 Å². The fourth-order valence-corrected chi connectivity index (χ4v) is 3.48. The van der Waals surface area contributed by atoms with Crippen LogP contribution in [0.2, 0.25) is 0 Å². The minimum atomic E-state index is 0.0627. The van der Waals surface area contributed by atoms with Gasteiger partial charge in [0.2, 0.25) is 0 Å². The molecule has 2 saturated heterocycles. The highest BCUT2D eigenvalue weighted by atomic mass is 16.5. The first-order valence-corrected chi connectivity index (χ1v) is 7.83. The Labute approximate surface area is 126 Å². The lowest BCUT2D eigenvalue weighted by Gasteiger charge is -2.32. The number of aliphatic hydroxyl groups is 1. The lowest BCUT2D eigenvalue weighted by molar-refractivity contribution is 0.0209. The number of nitrogens with zero attached hydrogens (tertiary/aromatic N) is 3. The maximum absolute atomic E-state index is 9.67. The molecule has 0 saturated carbocycles. The van der Waals surface area contributed by atoms with E-state index in [1.165, 1.54) is 6.42 Å². The summed E-state index contributed by atoms with van der Waals surface area (Å²) < 4.78 is 5.44. The van der Waals surface area contributed by atoms with Crippen molar-refractivity contribution in [1.29, 1.82) is 0 Å². The molecule has 1 atom stereocenters. The number of aromatic nitrogens is 1. The number of aryl methyl sites for hydroxylation is 2. The summed E-state index contributed by atoms with van der Waals surface area (Å²) in [4.78, 5) is 9.56. The van der Waals surface area contributed by atoms with Gasteiger partial charge in [-0.2, -0.15) is 0 Å². The predicted molar refractivity (Wildman–Crippen MR) is 82.6 cm³/mol. The highest BCUT2D eigenvalue weighted by Crippen LogP contribution is 2.27. The largest absolute Gasteiger partial charge is 0.392 e. The van der Waals surface area contributed by atoms with Crippen LogP contribution in [0.3, 0.4) is 0 Å². The number of pyridine rings is 1. The molecule has 116 valence electrons. The van der Waals surface area contributed by atoms with Crippen molar-refractivity contribution in [3.8, 4) is 0 Å². The molecule has 2 fully saturated rings. The predicted octanol–water partition coefficient (Wildman–Crippen LogP) is 1.10. The van der Waals surface area contributed by atoms with Crippen molar-refractivity contribution in [3.63, 3.8) is 0 Å². The van der Waals surface area contributed by atoms with Gasteiger partial charge in [-0.25, -0.2) is 4.98 Å². The number of anilines is 1. The van der Waals surface area contributed by atoms with E-state index in [2.05, 4.69) is 21.7 Å². The first-order valence-electron chi connectivity index (χ1n) is 7.83. The fourth-order valence-electron chi connectivity index (χ4n) is 3.48. The van der Waals surface area contributed by atoms with E-state index >= 15 is 0 Å². The number of ether oxygens (including phenoxy) is 1. The summed E-state index contributed by atoms with van der Waals surface area (Å²) in [5, 5.41) is 9.67. The summed E-state index contributed by atoms with van der Waals surface area (Å²) >= 11 is 0. The van der Waals surface area contributed by atoms with Gasteiger partial charge >= 0.3 is 0 Å². The lowest BCUT2D eigenvalue weighted by Crippen LogP contribution is -2.44. The fraction of sp³-hybridized carbons (Fsp3) is 0.688. The Morgan fingerprint density at radius 1 is 1.29 bits per heavy atom. The zero-order chi connectivity index (χ0) is 14.8. The average Bonchev–Trinajstić information content (AvgIpc) is 2.97. The van der Waals surface area contributed by atoms with E-state index in [1.54, 1.807) is 0 Å². The molecule has 1 aromatic heterocycles. The van der Waals surface area contributed by atoms with Crippen molar-refractivity contribution < 1.29 is 9.84 Å². The second-order valence-electron chi connectivity index (χ2n) is 6.08. The smallest absolute Gasteiger partial charge is 0.134 e. The Morgan fingerprint density at radius 2 is 2.05 bits per heavy atom. The summed E-state index contributed by atoms with van der Waals surface area (Å²) in [6, 6.07) is 2.63. The van der Waals surface area contributed by atoms with Crippen LogP contribution >= 0.6 is 0 Å². The summed E-state index contributed by atoms with van der Waals surface area (Å²) in [5.41, 5.74) is 3.13. The molecule has 5 heteroatoms. The molecule has 5 nitrogen and oxygen atoms in total. The zero-order valence-electron chi connectivity index (χ0n) is 13.0. The number of aliphatic hydroxyl groups excluding tert-OH is 1. The molecular formula is C16H25N3O2. The minimum absolute atomic E-state index is 0.0627. The van der Waals surface area contributed by atoms with Crippen LogP contribution in [0, 0.1) is 13.8 Å². The summed E-state index contributed by atoms with van der Waals surface area (Å²) in [7, 11) is 0. The van der Waals surface area contributed by atoms with Crippen LogP contribution in [0.15, 0.2) is 6.07 Å². The molecule has 0 amide bonds. The van der Waals surface area contributed by atoms with Crippen molar-refractivity contribution in [2.75, 3.05) is 44.3 Å². The van der Waals surface area contributed by atoms with Crippen molar-refractivity contribution in [1.82, 2.24) is 9.88 Å². The molecule has 0 spiro atoms. The normalized spacial score (nSPS) is 23.8. The Hall–Kier alpha value is -1.17. The van der Waals surface area contributed by atoms with Crippen LogP contribution in [0.1, 0.15) is 23.2 Å². The van der Waals surface area contributed by atoms with Gasteiger partial charge in [0, 0.05) is 43.5 Å². The standard InChI is InChI=1S/C16H25N3O2/c1-12-9-13(2)17-16(15(12)11-20)19-4-3-14(10-19)18-5-7-21-8-6-18/h9,14,20H,3-8,10-11H2,1-2H3. The molecule has 2 aliphatic heterocycles. The van der Waals surface area contributed by atoms with Crippen molar-refractivity contribution in [2.24, 2.45) is 0 Å². The van der Waals surface area contributed by atoms with E-state index in [9.17, 15) is 5.11 Å². The van der Waals surface area contributed by atoms with E-state index in [4.69, 9.17) is 4.74 Å². The van der Waals surface area contributed by atoms with Gasteiger partial charge in [0.1, 0.15) is 5.82 Å². The molecule has 3 heterocycles. The Morgan fingerprint density at radius 3 is 2.76 bits per heavy atom. The molecule has 0 aromatic carbocycles. The number of morpholine rings is 1. The molecule has 0 radical (unpaired) electrons. The molecule has 3 rings (SSSR count). The van der Waals surface area contributed by atoms with Gasteiger partial charge in [0.25, 0.3) is 0 Å². The molecule has 0 bridgehead atoms. The van der Waals surface area contributed by atoms with Gasteiger partial charge in [-0.3, -0.25) is 4.90 Å². The Bertz CT molecular complexity index is 501. The lowest BCUT2D eigenvalue weighted by atomic mass is 10.1. The van der Waals surface area contributed by atoms with Gasteiger partial charge in [0.15, 0.2) is 0 Å². The van der Waals surface area contributed by atoms with Gasteiger partial charge in [-0.1, -0.05) is 0 Å². The summed E-state index contributed by atoms with van der Waals surface area (Å²) in [6.45, 7) is 9.92. The third kappa shape index (κ3) is 3.05. The van der Waals surface area contributed by atoms with E-state index in [-0.39, 0.29) is 6.61 Å². The van der Waals surface area contributed by atoms with E-state index in [1.807, 2.05) is 13.0 Å². The SMILES string of the molecule is Cc1cc(C)c(CO)c(N2CCC(N3CCOCC3)C2)n1. The van der Waals surface area contributed by atoms with Gasteiger partial charge in [-0.15, -0.1) is 0 Å². The van der Waals surface area contributed by atoms with Gasteiger partial charge in [0.05, 0.1) is 19.8 Å². The van der Waals surface area contributed by atoms with Crippen molar-refractivity contribution in [3.05, 3.63) is 22.9 Å².